The van der Waals surface area contributed by atoms with E-state index in [-0.39, 0.29) is 0 Å². The van der Waals surface area contributed by atoms with Crippen LogP contribution in [0.15, 0.2) is 29.4 Å². The zero-order valence-electron chi connectivity index (χ0n) is 12.0. The smallest absolute Gasteiger partial charge is 0.208 e. The number of hydrogen-bond donors (Lipinski definition) is 1. The summed E-state index contributed by atoms with van der Waals surface area (Å²) in [5.41, 5.74) is 1.20. The van der Waals surface area contributed by atoms with Gasteiger partial charge in [0.1, 0.15) is 5.82 Å². The van der Waals surface area contributed by atoms with E-state index in [2.05, 4.69) is 21.2 Å². The summed E-state index contributed by atoms with van der Waals surface area (Å²) < 4.78 is 0. The fraction of sp³-hybridized carbons (Fsp3) is 0.500. The van der Waals surface area contributed by atoms with Crippen molar-refractivity contribution in [2.75, 3.05) is 0 Å². The molecule has 0 spiro atoms. The van der Waals surface area contributed by atoms with Crippen LogP contribution in [-0.4, -0.2) is 15.2 Å². The summed E-state index contributed by atoms with van der Waals surface area (Å²) in [4.78, 5) is 4.57. The zero-order valence-corrected chi connectivity index (χ0v) is 13.6. The molecule has 1 aromatic heterocycles. The Bertz CT molecular complexity index is 578. The predicted molar refractivity (Wildman–Crippen MR) is 87.7 cm³/mol. The molecule has 0 aliphatic heterocycles. The Hall–Kier alpha value is -1.00. The van der Waals surface area contributed by atoms with Crippen LogP contribution in [0.3, 0.4) is 0 Å². The monoisotopic (exact) mass is 321 g/mol. The van der Waals surface area contributed by atoms with Crippen LogP contribution in [-0.2, 0) is 12.2 Å². The van der Waals surface area contributed by atoms with Crippen LogP contribution in [0.5, 0.6) is 0 Å². The molecule has 3 rings (SSSR count). The molecule has 1 N–H and O–H groups in total. The SMILES string of the molecule is Clc1cccc(CSc2n[nH]c(CCC3CCCC3)n2)c1. The first kappa shape index (κ1) is 14.9. The molecule has 21 heavy (non-hydrogen) atoms. The summed E-state index contributed by atoms with van der Waals surface area (Å²) in [6, 6.07) is 7.93. The lowest BCUT2D eigenvalue weighted by atomic mass is 10.0. The molecule has 0 saturated heterocycles. The van der Waals surface area contributed by atoms with Gasteiger partial charge in [0.2, 0.25) is 5.16 Å². The molecule has 1 aliphatic carbocycles. The third kappa shape index (κ3) is 4.48. The number of benzene rings is 1. The summed E-state index contributed by atoms with van der Waals surface area (Å²) in [6.45, 7) is 0. The maximum atomic E-state index is 5.99. The molecule has 1 aliphatic rings. The van der Waals surface area contributed by atoms with E-state index in [1.807, 2.05) is 18.2 Å². The van der Waals surface area contributed by atoms with E-state index in [4.69, 9.17) is 11.6 Å². The highest BCUT2D eigenvalue weighted by Crippen LogP contribution is 2.28. The van der Waals surface area contributed by atoms with Crippen LogP contribution in [0, 0.1) is 5.92 Å². The normalized spacial score (nSPS) is 15.7. The number of aryl methyl sites for hydroxylation is 1. The zero-order chi connectivity index (χ0) is 14.5. The maximum Gasteiger partial charge on any atom is 0.208 e. The molecule has 0 amide bonds. The highest BCUT2D eigenvalue weighted by atomic mass is 35.5. The summed E-state index contributed by atoms with van der Waals surface area (Å²) in [5.74, 6) is 2.77. The number of H-pyrrole nitrogens is 1. The fourth-order valence-electron chi connectivity index (χ4n) is 2.87. The molecular weight excluding hydrogens is 302 g/mol. The summed E-state index contributed by atoms with van der Waals surface area (Å²) in [6.07, 6.45) is 7.86. The van der Waals surface area contributed by atoms with E-state index in [1.54, 1.807) is 11.8 Å². The van der Waals surface area contributed by atoms with Gasteiger partial charge in [0.25, 0.3) is 0 Å². The standard InChI is InChI=1S/C16H20ClN3S/c17-14-7-3-6-13(10-14)11-21-16-18-15(19-20-16)9-8-12-4-1-2-5-12/h3,6-7,10,12H,1-2,4-5,8-9,11H2,(H,18,19,20). The van der Waals surface area contributed by atoms with Crippen LogP contribution in [0.4, 0.5) is 0 Å². The second kappa shape index (κ2) is 7.32. The second-order valence-corrected chi connectivity index (χ2v) is 7.05. The fourth-order valence-corrected chi connectivity index (χ4v) is 3.84. The van der Waals surface area contributed by atoms with Gasteiger partial charge in [0.05, 0.1) is 0 Å². The molecule has 5 heteroatoms. The van der Waals surface area contributed by atoms with Crippen LogP contribution in [0.1, 0.15) is 43.5 Å². The van der Waals surface area contributed by atoms with Gasteiger partial charge in [-0.1, -0.05) is 61.2 Å². The van der Waals surface area contributed by atoms with Crippen molar-refractivity contribution < 1.29 is 0 Å². The number of halogens is 1. The van der Waals surface area contributed by atoms with Crippen LogP contribution >= 0.6 is 23.4 Å². The molecular formula is C16H20ClN3S. The molecule has 1 heterocycles. The maximum absolute atomic E-state index is 5.99. The molecule has 0 radical (unpaired) electrons. The Kier molecular flexibility index (Phi) is 5.20. The Balaban J connectivity index is 1.48. The summed E-state index contributed by atoms with van der Waals surface area (Å²) in [7, 11) is 0. The van der Waals surface area contributed by atoms with Gasteiger partial charge in [-0.15, -0.1) is 5.10 Å². The second-order valence-electron chi connectivity index (χ2n) is 5.67. The first-order valence-electron chi connectivity index (χ1n) is 7.58. The quantitative estimate of drug-likeness (QED) is 0.771. The van der Waals surface area contributed by atoms with E-state index in [1.165, 1.54) is 37.7 Å². The van der Waals surface area contributed by atoms with Crippen LogP contribution < -0.4 is 0 Å². The third-order valence-electron chi connectivity index (χ3n) is 4.03. The topological polar surface area (TPSA) is 41.6 Å². The van der Waals surface area contributed by atoms with Gasteiger partial charge in [-0.2, -0.15) is 0 Å². The van der Waals surface area contributed by atoms with Gasteiger partial charge in [-0.3, -0.25) is 5.10 Å². The van der Waals surface area contributed by atoms with Gasteiger partial charge in [0, 0.05) is 17.2 Å². The minimum Gasteiger partial charge on any atom is -0.262 e. The van der Waals surface area contributed by atoms with Crippen LogP contribution in [0.25, 0.3) is 0 Å². The molecule has 1 aromatic carbocycles. The van der Waals surface area contributed by atoms with Gasteiger partial charge < -0.3 is 0 Å². The lowest BCUT2D eigenvalue weighted by Gasteiger charge is -2.05. The van der Waals surface area contributed by atoms with Crippen molar-refractivity contribution in [1.29, 1.82) is 0 Å². The molecule has 0 bridgehead atoms. The first-order chi connectivity index (χ1) is 10.3. The minimum absolute atomic E-state index is 0.778. The number of aromatic nitrogens is 3. The largest absolute Gasteiger partial charge is 0.262 e. The van der Waals surface area contributed by atoms with E-state index < -0.39 is 0 Å². The van der Waals surface area contributed by atoms with Crippen LogP contribution in [0.2, 0.25) is 5.02 Å². The predicted octanol–water partition coefficient (Wildman–Crippen LogP) is 4.87. The molecule has 2 aromatic rings. The van der Waals surface area contributed by atoms with Crippen molar-refractivity contribution in [2.24, 2.45) is 5.92 Å². The number of rotatable bonds is 6. The van der Waals surface area contributed by atoms with Gasteiger partial charge in [-0.05, 0) is 30.0 Å². The Labute approximate surface area is 134 Å². The first-order valence-corrected chi connectivity index (χ1v) is 8.94. The van der Waals surface area contributed by atoms with E-state index in [0.29, 0.717) is 0 Å². The Morgan fingerprint density at radius 2 is 2.14 bits per heavy atom. The molecule has 1 fully saturated rings. The average Bonchev–Trinajstić information content (AvgIpc) is 3.15. The van der Waals surface area contributed by atoms with Crippen molar-refractivity contribution in [2.45, 2.75) is 49.4 Å². The van der Waals surface area contributed by atoms with Gasteiger partial charge in [0.15, 0.2) is 0 Å². The molecule has 0 unspecified atom stereocenters. The number of hydrogen-bond acceptors (Lipinski definition) is 3. The summed E-state index contributed by atoms with van der Waals surface area (Å²) >= 11 is 7.64. The van der Waals surface area contributed by atoms with Crippen molar-refractivity contribution in [3.63, 3.8) is 0 Å². The third-order valence-corrected chi connectivity index (χ3v) is 5.19. The highest BCUT2D eigenvalue weighted by molar-refractivity contribution is 7.98. The van der Waals surface area contributed by atoms with E-state index >= 15 is 0 Å². The molecule has 112 valence electrons. The lowest BCUT2D eigenvalue weighted by molar-refractivity contribution is 0.497. The molecule has 1 saturated carbocycles. The lowest BCUT2D eigenvalue weighted by Crippen LogP contribution is -1.97. The van der Waals surface area contributed by atoms with Crippen molar-refractivity contribution in [3.05, 3.63) is 40.7 Å². The number of nitrogens with zero attached hydrogens (tertiary/aromatic N) is 2. The minimum atomic E-state index is 0.778. The Morgan fingerprint density at radius 1 is 1.29 bits per heavy atom. The van der Waals surface area contributed by atoms with Crippen molar-refractivity contribution in [3.8, 4) is 0 Å². The number of nitrogens with one attached hydrogen (secondary N) is 1. The van der Waals surface area contributed by atoms with E-state index in [9.17, 15) is 0 Å². The van der Waals surface area contributed by atoms with Gasteiger partial charge in [-0.25, -0.2) is 4.98 Å². The average molecular weight is 322 g/mol. The number of aromatic amines is 1. The number of thioether (sulfide) groups is 1. The van der Waals surface area contributed by atoms with E-state index in [0.717, 1.165) is 34.1 Å². The van der Waals surface area contributed by atoms with Crippen molar-refractivity contribution in [1.82, 2.24) is 15.2 Å². The summed E-state index contributed by atoms with van der Waals surface area (Å²) in [5, 5.41) is 8.97. The highest BCUT2D eigenvalue weighted by Gasteiger charge is 2.15. The molecule has 3 nitrogen and oxygen atoms in total. The van der Waals surface area contributed by atoms with Crippen molar-refractivity contribution >= 4 is 23.4 Å². The van der Waals surface area contributed by atoms with Gasteiger partial charge >= 0.3 is 0 Å². The Morgan fingerprint density at radius 3 is 2.95 bits per heavy atom. The molecule has 0 atom stereocenters.